The van der Waals surface area contributed by atoms with E-state index < -0.39 is 0 Å². The van der Waals surface area contributed by atoms with Crippen LogP contribution < -0.4 is 0 Å². The lowest BCUT2D eigenvalue weighted by molar-refractivity contribution is -0.147. The smallest absolute Gasteiger partial charge is 0.308 e. The molecule has 1 fully saturated rings. The van der Waals surface area contributed by atoms with Crippen molar-refractivity contribution in [2.24, 2.45) is 0 Å². The molecular weight excluding hydrogens is 252 g/mol. The van der Waals surface area contributed by atoms with Crippen LogP contribution in [0, 0.1) is 0 Å². The summed E-state index contributed by atoms with van der Waals surface area (Å²) < 4.78 is 10.7. The van der Waals surface area contributed by atoms with Crippen molar-refractivity contribution in [1.82, 2.24) is 0 Å². The van der Waals surface area contributed by atoms with Gasteiger partial charge in [-0.3, -0.25) is 4.79 Å². The highest BCUT2D eigenvalue weighted by Gasteiger charge is 2.24. The summed E-state index contributed by atoms with van der Waals surface area (Å²) in [7, 11) is 1.45. The Kier molecular flexibility index (Phi) is 9.73. The Morgan fingerprint density at radius 1 is 1.05 bits per heavy atom. The number of hydrogen-bond acceptors (Lipinski definition) is 3. The lowest BCUT2D eigenvalue weighted by Gasteiger charge is -2.29. The molecule has 118 valence electrons. The van der Waals surface area contributed by atoms with Crippen LogP contribution in [0.2, 0.25) is 0 Å². The second-order valence-corrected chi connectivity index (χ2v) is 6.00. The third-order valence-corrected chi connectivity index (χ3v) is 4.19. The Hall–Kier alpha value is -0.570. The molecule has 0 aromatic rings. The van der Waals surface area contributed by atoms with Crippen LogP contribution in [0.3, 0.4) is 0 Å². The van der Waals surface area contributed by atoms with Gasteiger partial charge in [-0.2, -0.15) is 0 Å². The first-order valence-corrected chi connectivity index (χ1v) is 8.48. The summed E-state index contributed by atoms with van der Waals surface area (Å²) >= 11 is 0. The molecule has 20 heavy (non-hydrogen) atoms. The van der Waals surface area contributed by atoms with Gasteiger partial charge >= 0.3 is 5.97 Å². The highest BCUT2D eigenvalue weighted by atomic mass is 16.5. The minimum atomic E-state index is -0.147. The first-order valence-electron chi connectivity index (χ1n) is 8.48. The van der Waals surface area contributed by atoms with E-state index in [1.807, 2.05) is 0 Å². The zero-order chi connectivity index (χ0) is 14.6. The first-order chi connectivity index (χ1) is 9.76. The van der Waals surface area contributed by atoms with Crippen molar-refractivity contribution in [3.63, 3.8) is 0 Å². The van der Waals surface area contributed by atoms with E-state index in [1.165, 1.54) is 58.5 Å². The minimum Gasteiger partial charge on any atom is -0.469 e. The van der Waals surface area contributed by atoms with E-state index in [0.717, 1.165) is 19.3 Å². The molecule has 1 rings (SSSR count). The molecule has 3 nitrogen and oxygen atoms in total. The highest BCUT2D eigenvalue weighted by molar-refractivity contribution is 5.69. The standard InChI is InChI=1S/C17H32O3/c1-3-4-5-6-7-8-9-11-15-12-10-13-16(20-15)14-17(18)19-2/h15-16H,3-14H2,1-2H3/t15-,16-/m1/s1. The van der Waals surface area contributed by atoms with Gasteiger partial charge in [-0.05, 0) is 25.7 Å². The van der Waals surface area contributed by atoms with Crippen LogP contribution in [0.1, 0.15) is 84.0 Å². The van der Waals surface area contributed by atoms with Gasteiger partial charge in [-0.25, -0.2) is 0 Å². The summed E-state index contributed by atoms with van der Waals surface area (Å²) in [5, 5.41) is 0. The molecule has 0 unspecified atom stereocenters. The maximum absolute atomic E-state index is 11.3. The molecule has 0 aromatic heterocycles. The maximum Gasteiger partial charge on any atom is 0.308 e. The quantitative estimate of drug-likeness (QED) is 0.433. The number of hydrogen-bond donors (Lipinski definition) is 0. The maximum atomic E-state index is 11.3. The van der Waals surface area contributed by atoms with Gasteiger partial charge in [0.2, 0.25) is 0 Å². The van der Waals surface area contributed by atoms with E-state index in [1.54, 1.807) is 0 Å². The summed E-state index contributed by atoms with van der Waals surface area (Å²) in [5.74, 6) is -0.147. The molecular formula is C17H32O3. The van der Waals surface area contributed by atoms with E-state index in [-0.39, 0.29) is 12.1 Å². The Bertz CT molecular complexity index is 253. The number of carbonyl (C=O) groups excluding carboxylic acids is 1. The predicted molar refractivity (Wildman–Crippen MR) is 81.8 cm³/mol. The Balaban J connectivity index is 2.04. The molecule has 0 amide bonds. The van der Waals surface area contributed by atoms with E-state index >= 15 is 0 Å². The van der Waals surface area contributed by atoms with E-state index in [0.29, 0.717) is 12.5 Å². The Morgan fingerprint density at radius 3 is 2.40 bits per heavy atom. The van der Waals surface area contributed by atoms with Crippen LogP contribution in [0.25, 0.3) is 0 Å². The second-order valence-electron chi connectivity index (χ2n) is 6.00. The second kappa shape index (κ2) is 11.1. The highest BCUT2D eigenvalue weighted by Crippen LogP contribution is 2.25. The summed E-state index contributed by atoms with van der Waals surface area (Å²) in [4.78, 5) is 11.3. The SMILES string of the molecule is CCCCCCCCC[C@@H]1CCC[C@H](CC(=O)OC)O1. The fraction of sp³-hybridized carbons (Fsp3) is 0.941. The third kappa shape index (κ3) is 7.88. The van der Waals surface area contributed by atoms with Gasteiger partial charge in [0.25, 0.3) is 0 Å². The number of esters is 1. The third-order valence-electron chi connectivity index (χ3n) is 4.19. The average molecular weight is 284 g/mol. The lowest BCUT2D eigenvalue weighted by Crippen LogP contribution is -2.29. The van der Waals surface area contributed by atoms with Crippen LogP contribution in [0.15, 0.2) is 0 Å². The van der Waals surface area contributed by atoms with Crippen molar-refractivity contribution in [2.45, 2.75) is 96.2 Å². The molecule has 1 saturated heterocycles. The molecule has 1 heterocycles. The summed E-state index contributed by atoms with van der Waals surface area (Å²) in [6.45, 7) is 2.26. The number of ether oxygens (including phenoxy) is 2. The van der Waals surface area contributed by atoms with Crippen molar-refractivity contribution >= 4 is 5.97 Å². The minimum absolute atomic E-state index is 0.0887. The van der Waals surface area contributed by atoms with Gasteiger partial charge in [-0.1, -0.05) is 51.9 Å². The molecule has 0 aliphatic carbocycles. The summed E-state index contributed by atoms with van der Waals surface area (Å²) in [6.07, 6.45) is 14.8. The summed E-state index contributed by atoms with van der Waals surface area (Å²) in [5.41, 5.74) is 0. The van der Waals surface area contributed by atoms with Crippen molar-refractivity contribution in [3.8, 4) is 0 Å². The summed E-state index contributed by atoms with van der Waals surface area (Å²) in [6, 6.07) is 0. The van der Waals surface area contributed by atoms with Gasteiger partial charge < -0.3 is 9.47 Å². The van der Waals surface area contributed by atoms with Gasteiger partial charge in [-0.15, -0.1) is 0 Å². The molecule has 1 aliphatic heterocycles. The van der Waals surface area contributed by atoms with Gasteiger partial charge in [0.15, 0.2) is 0 Å². The van der Waals surface area contributed by atoms with Crippen molar-refractivity contribution in [3.05, 3.63) is 0 Å². The van der Waals surface area contributed by atoms with Crippen LogP contribution in [0.5, 0.6) is 0 Å². The molecule has 0 aromatic carbocycles. The fourth-order valence-corrected chi connectivity index (χ4v) is 2.94. The number of carbonyl (C=O) groups is 1. The normalized spacial score (nSPS) is 22.7. The van der Waals surface area contributed by atoms with Crippen LogP contribution in [-0.2, 0) is 14.3 Å². The zero-order valence-electron chi connectivity index (χ0n) is 13.4. The topological polar surface area (TPSA) is 35.5 Å². The number of unbranched alkanes of at least 4 members (excludes halogenated alkanes) is 6. The van der Waals surface area contributed by atoms with E-state index in [4.69, 9.17) is 9.47 Å². The Labute approximate surface area is 124 Å². The molecule has 3 heteroatoms. The largest absolute Gasteiger partial charge is 0.469 e. The monoisotopic (exact) mass is 284 g/mol. The molecule has 0 spiro atoms. The molecule has 0 bridgehead atoms. The number of rotatable bonds is 10. The first kappa shape index (κ1) is 17.5. The van der Waals surface area contributed by atoms with E-state index in [9.17, 15) is 4.79 Å². The van der Waals surface area contributed by atoms with Crippen LogP contribution in [-0.4, -0.2) is 25.3 Å². The van der Waals surface area contributed by atoms with Gasteiger partial charge in [0.1, 0.15) is 0 Å². The molecule has 2 atom stereocenters. The van der Waals surface area contributed by atoms with E-state index in [2.05, 4.69) is 6.92 Å². The van der Waals surface area contributed by atoms with Crippen molar-refractivity contribution in [2.75, 3.05) is 7.11 Å². The number of methoxy groups -OCH3 is 1. The Morgan fingerprint density at radius 2 is 1.70 bits per heavy atom. The van der Waals surface area contributed by atoms with Crippen LogP contribution >= 0.6 is 0 Å². The lowest BCUT2D eigenvalue weighted by atomic mass is 9.98. The molecule has 0 saturated carbocycles. The molecule has 0 N–H and O–H groups in total. The zero-order valence-corrected chi connectivity index (χ0v) is 13.4. The van der Waals surface area contributed by atoms with Gasteiger partial charge in [0, 0.05) is 0 Å². The van der Waals surface area contributed by atoms with Gasteiger partial charge in [0.05, 0.1) is 25.7 Å². The van der Waals surface area contributed by atoms with Crippen molar-refractivity contribution < 1.29 is 14.3 Å². The van der Waals surface area contributed by atoms with Crippen molar-refractivity contribution in [1.29, 1.82) is 0 Å². The molecule has 0 radical (unpaired) electrons. The fourth-order valence-electron chi connectivity index (χ4n) is 2.94. The molecule has 1 aliphatic rings. The predicted octanol–water partition coefficient (Wildman–Crippen LogP) is 4.63. The average Bonchev–Trinajstić information content (AvgIpc) is 2.46. The van der Waals surface area contributed by atoms with Crippen LogP contribution in [0.4, 0.5) is 0 Å².